The molecule has 0 spiro atoms. The van der Waals surface area contributed by atoms with Gasteiger partial charge in [-0.15, -0.1) is 0 Å². The number of ketones is 1. The number of Topliss-reactive ketones (excluding diaryl/α,β-unsaturated/α-hetero) is 1. The van der Waals surface area contributed by atoms with Crippen LogP contribution in [0.15, 0.2) is 0 Å². The minimum atomic E-state index is -1.63. The van der Waals surface area contributed by atoms with Gasteiger partial charge < -0.3 is 14.8 Å². The van der Waals surface area contributed by atoms with E-state index in [0.717, 1.165) is 6.92 Å². The predicted octanol–water partition coefficient (Wildman–Crippen LogP) is -2.91. The smallest absolute Gasteiger partial charge is 0.175 e. The number of carboxylic acids is 1. The molecule has 4 heteroatoms. The Balaban J connectivity index is 0. The van der Waals surface area contributed by atoms with Crippen molar-refractivity contribution in [2.75, 3.05) is 21.1 Å². The molecule has 0 atom stereocenters. The summed E-state index contributed by atoms with van der Waals surface area (Å²) in [5.41, 5.74) is 0. The zero-order valence-corrected chi connectivity index (χ0v) is 6.72. The van der Waals surface area contributed by atoms with Crippen LogP contribution in [-0.4, -0.2) is 32.9 Å². The fraction of sp³-hybridized carbons (Fsp3) is 0.667. The summed E-state index contributed by atoms with van der Waals surface area (Å²) in [4.78, 5) is 20.1. The van der Waals surface area contributed by atoms with Crippen molar-refractivity contribution in [3.05, 3.63) is 0 Å². The minimum absolute atomic E-state index is 0.935. The second-order valence-corrected chi connectivity index (χ2v) is 2.34. The first-order valence-electron chi connectivity index (χ1n) is 2.86. The summed E-state index contributed by atoms with van der Waals surface area (Å²) >= 11 is 0. The zero-order valence-electron chi connectivity index (χ0n) is 6.72. The van der Waals surface area contributed by atoms with Gasteiger partial charge in [0.05, 0.1) is 21.1 Å². The van der Waals surface area contributed by atoms with Crippen LogP contribution >= 0.6 is 0 Å². The van der Waals surface area contributed by atoms with Gasteiger partial charge in [0.1, 0.15) is 5.97 Å². The second kappa shape index (κ2) is 6.22. The molecule has 0 aliphatic heterocycles. The first-order chi connectivity index (χ1) is 4.37. The first kappa shape index (κ1) is 11.8. The molecule has 0 amide bonds. The maximum atomic E-state index is 9.48. The fourth-order valence-corrected chi connectivity index (χ4v) is 0. The maximum absolute atomic E-state index is 9.48. The molecule has 60 valence electrons. The Labute approximate surface area is 60.4 Å². The van der Waals surface area contributed by atoms with Crippen molar-refractivity contribution >= 4 is 11.8 Å². The molecule has 0 aliphatic rings. The molecule has 0 aromatic carbocycles. The lowest BCUT2D eigenvalue weighted by molar-refractivity contribution is -0.836. The van der Waals surface area contributed by atoms with E-state index < -0.39 is 11.8 Å². The van der Waals surface area contributed by atoms with E-state index in [4.69, 9.17) is 0 Å². The Morgan fingerprint density at radius 2 is 1.30 bits per heavy atom. The molecule has 10 heavy (non-hydrogen) atoms. The van der Waals surface area contributed by atoms with Gasteiger partial charge >= 0.3 is 0 Å². The summed E-state index contributed by atoms with van der Waals surface area (Å²) in [7, 11) is 6.25. The number of rotatable bonds is 1. The maximum Gasteiger partial charge on any atom is 0.175 e. The van der Waals surface area contributed by atoms with Gasteiger partial charge in [-0.3, -0.25) is 4.79 Å². The molecule has 0 saturated carbocycles. The molecule has 0 aromatic heterocycles. The third-order valence-corrected chi connectivity index (χ3v) is 0.287. The molecule has 1 N–H and O–H groups in total. The molecule has 0 aromatic rings. The highest BCUT2D eigenvalue weighted by Gasteiger charge is 1.85. The molecule has 0 unspecified atom stereocenters. The summed E-state index contributed by atoms with van der Waals surface area (Å²) in [5, 5.41) is 9.24. The topological polar surface area (TPSA) is 61.6 Å². The van der Waals surface area contributed by atoms with Crippen LogP contribution in [0, 0.1) is 0 Å². The minimum Gasteiger partial charge on any atom is -0.542 e. The summed E-state index contributed by atoms with van der Waals surface area (Å²) in [5.74, 6) is -2.56. The first-order valence-corrected chi connectivity index (χ1v) is 2.86. The third kappa shape index (κ3) is 27.5. The summed E-state index contributed by atoms with van der Waals surface area (Å²) in [6.07, 6.45) is 0. The average molecular weight is 147 g/mol. The van der Waals surface area contributed by atoms with Crippen LogP contribution in [0.25, 0.3) is 0 Å². The number of aliphatic carboxylic acids is 1. The van der Waals surface area contributed by atoms with Gasteiger partial charge in [0.15, 0.2) is 5.78 Å². The number of hydrogen-bond acceptors (Lipinski definition) is 3. The van der Waals surface area contributed by atoms with Crippen LogP contribution in [0.1, 0.15) is 6.92 Å². The van der Waals surface area contributed by atoms with Gasteiger partial charge in [0.2, 0.25) is 0 Å². The fourth-order valence-electron chi connectivity index (χ4n) is 0. The van der Waals surface area contributed by atoms with Crippen molar-refractivity contribution in [2.45, 2.75) is 6.92 Å². The Morgan fingerprint density at radius 3 is 1.30 bits per heavy atom. The van der Waals surface area contributed by atoms with Gasteiger partial charge in [0.25, 0.3) is 0 Å². The van der Waals surface area contributed by atoms with Crippen molar-refractivity contribution in [2.24, 2.45) is 0 Å². The number of nitrogens with one attached hydrogen (secondary N) is 1. The summed E-state index contributed by atoms with van der Waals surface area (Å²) < 4.78 is 0. The Kier molecular flexibility index (Phi) is 7.37. The van der Waals surface area contributed by atoms with Gasteiger partial charge in [0, 0.05) is 6.92 Å². The number of carbonyl (C=O) groups excluding carboxylic acids is 2. The molecule has 0 radical (unpaired) electrons. The van der Waals surface area contributed by atoms with Crippen molar-refractivity contribution in [3.63, 3.8) is 0 Å². The van der Waals surface area contributed by atoms with Gasteiger partial charge in [-0.25, -0.2) is 0 Å². The predicted molar refractivity (Wildman–Crippen MR) is 34.4 cm³/mol. The second-order valence-electron chi connectivity index (χ2n) is 2.34. The molecule has 0 rings (SSSR count). The summed E-state index contributed by atoms with van der Waals surface area (Å²) in [6.45, 7) is 0.940. The molecular formula is C6H13NO3. The number of quaternary nitrogens is 1. The molecule has 0 aliphatic carbocycles. The van der Waals surface area contributed by atoms with E-state index in [9.17, 15) is 14.7 Å². The molecular weight excluding hydrogens is 134 g/mol. The van der Waals surface area contributed by atoms with Crippen LogP contribution in [0.5, 0.6) is 0 Å². The standard InChI is InChI=1S/C3H9N.C3H4O3/c1-4(2)3;1-2(4)3(5)6/h1-3H3;1H3,(H,5,6). The van der Waals surface area contributed by atoms with Gasteiger partial charge in [-0.2, -0.15) is 0 Å². The number of carbonyl (C=O) groups is 2. The molecule has 0 bridgehead atoms. The average Bonchev–Trinajstić information content (AvgIpc) is 1.63. The monoisotopic (exact) mass is 147 g/mol. The largest absolute Gasteiger partial charge is 0.542 e. The van der Waals surface area contributed by atoms with Gasteiger partial charge in [-0.05, 0) is 0 Å². The van der Waals surface area contributed by atoms with Crippen LogP contribution in [0.2, 0.25) is 0 Å². The third-order valence-electron chi connectivity index (χ3n) is 0.287. The zero-order chi connectivity index (χ0) is 8.73. The lowest BCUT2D eigenvalue weighted by Crippen LogP contribution is -3.02. The highest BCUT2D eigenvalue weighted by atomic mass is 16.4. The highest BCUT2D eigenvalue weighted by Crippen LogP contribution is 1.56. The Hall–Kier alpha value is -0.900. The lowest BCUT2D eigenvalue weighted by atomic mass is 10.5. The van der Waals surface area contributed by atoms with Crippen LogP contribution in [0.3, 0.4) is 0 Å². The lowest BCUT2D eigenvalue weighted by Gasteiger charge is -1.88. The van der Waals surface area contributed by atoms with Crippen LogP contribution < -0.4 is 10.0 Å². The molecule has 0 saturated heterocycles. The number of carboxylic acid groups (broad SMARTS) is 1. The van der Waals surface area contributed by atoms with E-state index in [1.807, 2.05) is 0 Å². The number of hydrogen-bond donors (Lipinski definition) is 1. The van der Waals surface area contributed by atoms with Crippen LogP contribution in [-0.2, 0) is 9.59 Å². The van der Waals surface area contributed by atoms with Crippen molar-refractivity contribution in [1.29, 1.82) is 0 Å². The van der Waals surface area contributed by atoms with E-state index in [2.05, 4.69) is 21.1 Å². The van der Waals surface area contributed by atoms with Crippen molar-refractivity contribution in [3.8, 4) is 0 Å². The normalized spacial score (nSPS) is 8.10. The molecule has 4 nitrogen and oxygen atoms in total. The Morgan fingerprint density at radius 1 is 1.20 bits per heavy atom. The molecule has 0 fully saturated rings. The van der Waals surface area contributed by atoms with Crippen molar-refractivity contribution < 1.29 is 19.6 Å². The van der Waals surface area contributed by atoms with Crippen molar-refractivity contribution in [1.82, 2.24) is 0 Å². The van der Waals surface area contributed by atoms with E-state index >= 15 is 0 Å². The molecule has 0 heterocycles. The summed E-state index contributed by atoms with van der Waals surface area (Å²) in [6, 6.07) is 0. The Bertz CT molecular complexity index is 105. The van der Waals surface area contributed by atoms with E-state index in [1.54, 1.807) is 0 Å². The highest BCUT2D eigenvalue weighted by molar-refractivity contribution is 6.30. The van der Waals surface area contributed by atoms with Gasteiger partial charge in [-0.1, -0.05) is 0 Å². The van der Waals surface area contributed by atoms with E-state index in [-0.39, 0.29) is 0 Å². The van der Waals surface area contributed by atoms with E-state index in [1.165, 1.54) is 4.90 Å². The SMILES string of the molecule is CC(=O)C(=O)[O-].C[NH+](C)C. The van der Waals surface area contributed by atoms with Crippen LogP contribution in [0.4, 0.5) is 0 Å². The van der Waals surface area contributed by atoms with E-state index in [0.29, 0.717) is 0 Å². The quantitative estimate of drug-likeness (QED) is 0.404.